The van der Waals surface area contributed by atoms with Gasteiger partial charge in [0.2, 0.25) is 15.9 Å². The molecule has 0 aromatic heterocycles. The van der Waals surface area contributed by atoms with Gasteiger partial charge in [0.05, 0.1) is 17.9 Å². The molecule has 7 nitrogen and oxygen atoms in total. The van der Waals surface area contributed by atoms with Crippen molar-refractivity contribution in [2.45, 2.75) is 37.1 Å². The molecule has 1 N–H and O–H groups in total. The van der Waals surface area contributed by atoms with Crippen LogP contribution in [-0.4, -0.2) is 58.6 Å². The second-order valence-corrected chi connectivity index (χ2v) is 8.51. The number of benzene rings is 1. The minimum Gasteiger partial charge on any atom is -0.497 e. The molecule has 1 aromatic rings. The van der Waals surface area contributed by atoms with E-state index >= 15 is 0 Å². The van der Waals surface area contributed by atoms with Crippen LogP contribution in [0.4, 0.5) is 0 Å². The summed E-state index contributed by atoms with van der Waals surface area (Å²) >= 11 is 0. The van der Waals surface area contributed by atoms with Crippen molar-refractivity contribution in [3.05, 3.63) is 24.3 Å². The monoisotopic (exact) mass is 384 g/mol. The van der Waals surface area contributed by atoms with Crippen LogP contribution in [0.2, 0.25) is 0 Å². The van der Waals surface area contributed by atoms with Gasteiger partial charge in [-0.2, -0.15) is 4.31 Å². The van der Waals surface area contributed by atoms with Crippen molar-refractivity contribution in [3.8, 4) is 5.75 Å². The van der Waals surface area contributed by atoms with Crippen LogP contribution in [0.1, 0.15) is 26.2 Å². The normalized spacial score (nSPS) is 19.7. The van der Waals surface area contributed by atoms with Crippen molar-refractivity contribution in [2.75, 3.05) is 33.9 Å². The Kier molecular flexibility index (Phi) is 7.43. The molecule has 2 unspecified atom stereocenters. The van der Waals surface area contributed by atoms with E-state index in [0.717, 1.165) is 6.42 Å². The van der Waals surface area contributed by atoms with Gasteiger partial charge in [-0.1, -0.05) is 0 Å². The van der Waals surface area contributed by atoms with Gasteiger partial charge in [0.15, 0.2) is 0 Å². The number of ether oxygens (including phenoxy) is 2. The number of carbonyl (C=O) groups excluding carboxylic acids is 1. The zero-order chi connectivity index (χ0) is 19.2. The number of hydrogen-bond acceptors (Lipinski definition) is 5. The summed E-state index contributed by atoms with van der Waals surface area (Å²) in [7, 11) is -0.463. The third-order valence-corrected chi connectivity index (χ3v) is 6.48. The summed E-state index contributed by atoms with van der Waals surface area (Å²) < 4.78 is 37.2. The maximum atomic E-state index is 12.9. The zero-order valence-corrected chi connectivity index (χ0v) is 16.4. The Labute approximate surface area is 155 Å². The van der Waals surface area contributed by atoms with Crippen LogP contribution in [0.15, 0.2) is 29.2 Å². The summed E-state index contributed by atoms with van der Waals surface area (Å²) in [6.45, 7) is 3.13. The van der Waals surface area contributed by atoms with Gasteiger partial charge in [-0.25, -0.2) is 8.42 Å². The predicted octanol–water partition coefficient (Wildman–Crippen LogP) is 1.64. The molecule has 26 heavy (non-hydrogen) atoms. The maximum Gasteiger partial charge on any atom is 0.243 e. The van der Waals surface area contributed by atoms with Gasteiger partial charge in [0.25, 0.3) is 0 Å². The van der Waals surface area contributed by atoms with E-state index in [9.17, 15) is 13.2 Å². The van der Waals surface area contributed by atoms with Crippen LogP contribution in [-0.2, 0) is 19.6 Å². The van der Waals surface area contributed by atoms with Gasteiger partial charge in [-0.05, 0) is 50.5 Å². The second-order valence-electron chi connectivity index (χ2n) is 6.57. The highest BCUT2D eigenvalue weighted by Crippen LogP contribution is 2.25. The Hall–Kier alpha value is -1.64. The van der Waals surface area contributed by atoms with E-state index in [4.69, 9.17) is 9.47 Å². The first-order valence-electron chi connectivity index (χ1n) is 8.82. The van der Waals surface area contributed by atoms with E-state index < -0.39 is 10.0 Å². The topological polar surface area (TPSA) is 84.9 Å². The molecule has 1 aromatic carbocycles. The van der Waals surface area contributed by atoms with E-state index in [-0.39, 0.29) is 29.3 Å². The average molecular weight is 384 g/mol. The van der Waals surface area contributed by atoms with Crippen LogP contribution < -0.4 is 10.1 Å². The fourth-order valence-electron chi connectivity index (χ4n) is 3.00. The van der Waals surface area contributed by atoms with E-state index in [1.165, 1.54) is 23.5 Å². The number of nitrogens with one attached hydrogen (secondary N) is 1. The highest BCUT2D eigenvalue weighted by molar-refractivity contribution is 7.89. The third-order valence-electron chi connectivity index (χ3n) is 4.60. The van der Waals surface area contributed by atoms with Crippen molar-refractivity contribution in [3.63, 3.8) is 0 Å². The summed E-state index contributed by atoms with van der Waals surface area (Å²) in [5.74, 6) is 0.176. The zero-order valence-electron chi connectivity index (χ0n) is 15.6. The first-order chi connectivity index (χ1) is 12.4. The van der Waals surface area contributed by atoms with Gasteiger partial charge >= 0.3 is 0 Å². The fourth-order valence-corrected chi connectivity index (χ4v) is 4.52. The third kappa shape index (κ3) is 5.18. The number of hydrogen-bond donors (Lipinski definition) is 1. The summed E-state index contributed by atoms with van der Waals surface area (Å²) in [4.78, 5) is 12.7. The van der Waals surface area contributed by atoms with Crippen LogP contribution in [0.3, 0.4) is 0 Å². The van der Waals surface area contributed by atoms with Crippen molar-refractivity contribution >= 4 is 15.9 Å². The van der Waals surface area contributed by atoms with Gasteiger partial charge in [0, 0.05) is 32.8 Å². The van der Waals surface area contributed by atoms with Crippen LogP contribution in [0.5, 0.6) is 5.75 Å². The standard InChI is InChI=1S/C18H28N2O5S/c1-14(10-12-24-2)19-18(21)15-5-4-11-20(13-15)26(22,23)17-8-6-16(25-3)7-9-17/h6-9,14-15H,4-5,10-13H2,1-3H3,(H,19,21). The SMILES string of the molecule is COCCC(C)NC(=O)C1CCCN(S(=O)(=O)c2ccc(OC)cc2)C1. The Balaban J connectivity index is 2.02. The lowest BCUT2D eigenvalue weighted by Crippen LogP contribution is -2.47. The Morgan fingerprint density at radius 3 is 2.62 bits per heavy atom. The lowest BCUT2D eigenvalue weighted by Gasteiger charge is -2.31. The lowest BCUT2D eigenvalue weighted by atomic mass is 9.98. The molecule has 146 valence electrons. The number of rotatable bonds is 8. The molecule has 1 heterocycles. The number of piperidine rings is 1. The highest BCUT2D eigenvalue weighted by atomic mass is 32.2. The van der Waals surface area contributed by atoms with E-state index in [0.29, 0.717) is 31.7 Å². The number of carbonyl (C=O) groups is 1. The lowest BCUT2D eigenvalue weighted by molar-refractivity contribution is -0.126. The summed E-state index contributed by atoms with van der Waals surface area (Å²) in [6.07, 6.45) is 2.08. The number of sulfonamides is 1. The molecule has 0 bridgehead atoms. The Morgan fingerprint density at radius 1 is 1.31 bits per heavy atom. The second kappa shape index (κ2) is 9.34. The van der Waals surface area contributed by atoms with E-state index in [2.05, 4.69) is 5.32 Å². The molecular formula is C18H28N2O5S. The fraction of sp³-hybridized carbons (Fsp3) is 0.611. The molecule has 8 heteroatoms. The van der Waals surface area contributed by atoms with Gasteiger partial charge in [-0.15, -0.1) is 0 Å². The van der Waals surface area contributed by atoms with Crippen LogP contribution in [0, 0.1) is 5.92 Å². The molecule has 1 fully saturated rings. The van der Waals surface area contributed by atoms with Crippen molar-refractivity contribution in [1.82, 2.24) is 9.62 Å². The van der Waals surface area contributed by atoms with Crippen molar-refractivity contribution < 1.29 is 22.7 Å². The van der Waals surface area contributed by atoms with E-state index in [1.807, 2.05) is 6.92 Å². The molecule has 0 saturated carbocycles. The molecule has 2 rings (SSSR count). The molecular weight excluding hydrogens is 356 g/mol. The minimum absolute atomic E-state index is 0.00368. The molecule has 1 saturated heterocycles. The van der Waals surface area contributed by atoms with Gasteiger partial charge in [-0.3, -0.25) is 4.79 Å². The largest absolute Gasteiger partial charge is 0.497 e. The quantitative estimate of drug-likeness (QED) is 0.736. The van der Waals surface area contributed by atoms with Gasteiger partial charge < -0.3 is 14.8 Å². The predicted molar refractivity (Wildman–Crippen MR) is 98.6 cm³/mol. The smallest absolute Gasteiger partial charge is 0.243 e. The summed E-state index contributed by atoms with van der Waals surface area (Å²) in [6, 6.07) is 6.31. The number of amides is 1. The minimum atomic E-state index is -3.62. The molecule has 1 aliphatic heterocycles. The van der Waals surface area contributed by atoms with Crippen LogP contribution >= 0.6 is 0 Å². The number of methoxy groups -OCH3 is 2. The Bertz CT molecular complexity index is 690. The van der Waals surface area contributed by atoms with Crippen LogP contribution in [0.25, 0.3) is 0 Å². The highest BCUT2D eigenvalue weighted by Gasteiger charge is 2.33. The summed E-state index contributed by atoms with van der Waals surface area (Å²) in [5, 5.41) is 2.95. The Morgan fingerprint density at radius 2 is 2.00 bits per heavy atom. The first kappa shape index (κ1) is 20.7. The average Bonchev–Trinajstić information content (AvgIpc) is 2.66. The van der Waals surface area contributed by atoms with E-state index in [1.54, 1.807) is 19.2 Å². The molecule has 0 radical (unpaired) electrons. The van der Waals surface area contributed by atoms with Crippen molar-refractivity contribution in [1.29, 1.82) is 0 Å². The maximum absolute atomic E-state index is 12.9. The van der Waals surface area contributed by atoms with Gasteiger partial charge in [0.1, 0.15) is 5.75 Å². The molecule has 1 aliphatic rings. The number of nitrogens with zero attached hydrogens (tertiary/aromatic N) is 1. The molecule has 0 spiro atoms. The molecule has 2 atom stereocenters. The molecule has 1 amide bonds. The van der Waals surface area contributed by atoms with Crippen molar-refractivity contribution in [2.24, 2.45) is 5.92 Å². The molecule has 0 aliphatic carbocycles. The first-order valence-corrected chi connectivity index (χ1v) is 10.3. The summed E-state index contributed by atoms with van der Waals surface area (Å²) in [5.41, 5.74) is 0.